The molecule has 0 N–H and O–H groups in total. The van der Waals surface area contributed by atoms with Crippen molar-refractivity contribution in [3.63, 3.8) is 0 Å². The summed E-state index contributed by atoms with van der Waals surface area (Å²) in [5.74, 6) is -0.209. The Bertz CT molecular complexity index is 386. The van der Waals surface area contributed by atoms with Crippen LogP contribution in [-0.4, -0.2) is 0 Å². The normalized spacial score (nSPS) is 17.9. The van der Waals surface area contributed by atoms with E-state index in [-0.39, 0.29) is 11.2 Å². The van der Waals surface area contributed by atoms with E-state index in [2.05, 4.69) is 6.07 Å². The molecule has 0 aromatic heterocycles. The molecule has 1 aromatic rings. The van der Waals surface area contributed by atoms with Crippen LogP contribution in [0.5, 0.6) is 0 Å². The van der Waals surface area contributed by atoms with Crippen LogP contribution in [0.15, 0.2) is 18.2 Å². The van der Waals surface area contributed by atoms with E-state index in [4.69, 9.17) is 5.26 Å². The Morgan fingerprint density at radius 1 is 1.46 bits per heavy atom. The van der Waals surface area contributed by atoms with Crippen molar-refractivity contribution >= 4 is 0 Å². The first-order chi connectivity index (χ1) is 6.18. The average Bonchev–Trinajstić information content (AvgIpc) is 2.90. The Labute approximate surface area is 76.8 Å². The molecule has 0 heterocycles. The van der Waals surface area contributed by atoms with Crippen LogP contribution >= 0.6 is 0 Å². The van der Waals surface area contributed by atoms with E-state index in [0.29, 0.717) is 5.56 Å². The van der Waals surface area contributed by atoms with Crippen molar-refractivity contribution in [2.75, 3.05) is 0 Å². The van der Waals surface area contributed by atoms with Crippen LogP contribution < -0.4 is 0 Å². The van der Waals surface area contributed by atoms with E-state index in [1.54, 1.807) is 13.0 Å². The third-order valence-electron chi connectivity index (χ3n) is 2.69. The second-order valence-corrected chi connectivity index (χ2v) is 3.66. The van der Waals surface area contributed by atoms with Gasteiger partial charge in [0.1, 0.15) is 5.82 Å². The lowest BCUT2D eigenvalue weighted by Crippen LogP contribution is -2.03. The Hall–Kier alpha value is -1.36. The minimum atomic E-state index is -0.367. The highest BCUT2D eigenvalue weighted by atomic mass is 19.1. The quantitative estimate of drug-likeness (QED) is 0.643. The van der Waals surface area contributed by atoms with Gasteiger partial charge in [0.25, 0.3) is 0 Å². The second-order valence-electron chi connectivity index (χ2n) is 3.66. The van der Waals surface area contributed by atoms with Gasteiger partial charge >= 0.3 is 0 Å². The van der Waals surface area contributed by atoms with E-state index in [1.165, 1.54) is 6.07 Å². The van der Waals surface area contributed by atoms with Gasteiger partial charge < -0.3 is 0 Å². The number of hydrogen-bond acceptors (Lipinski definition) is 1. The monoisotopic (exact) mass is 175 g/mol. The van der Waals surface area contributed by atoms with Crippen LogP contribution in [-0.2, 0) is 5.41 Å². The van der Waals surface area contributed by atoms with E-state index in [9.17, 15) is 4.39 Å². The van der Waals surface area contributed by atoms with Gasteiger partial charge in [-0.2, -0.15) is 5.26 Å². The van der Waals surface area contributed by atoms with Gasteiger partial charge in [-0.15, -0.1) is 0 Å². The lowest BCUT2D eigenvalue weighted by atomic mass is 9.97. The molecule has 0 atom stereocenters. The average molecular weight is 175 g/mol. The maximum absolute atomic E-state index is 13.2. The summed E-state index contributed by atoms with van der Waals surface area (Å²) in [5.41, 5.74) is 1.10. The molecule has 1 aliphatic rings. The van der Waals surface area contributed by atoms with Crippen LogP contribution in [0.3, 0.4) is 0 Å². The van der Waals surface area contributed by atoms with Crippen LogP contribution in [0, 0.1) is 24.1 Å². The van der Waals surface area contributed by atoms with E-state index >= 15 is 0 Å². The predicted octanol–water partition coefficient (Wildman–Crippen LogP) is 2.69. The lowest BCUT2D eigenvalue weighted by molar-refractivity contribution is 0.614. The number of aryl methyl sites for hydroxylation is 1. The van der Waals surface area contributed by atoms with Crippen molar-refractivity contribution in [1.29, 1.82) is 5.26 Å². The molecule has 2 rings (SSSR count). The SMILES string of the molecule is Cc1ccc(C2(C#N)CC2)cc1F. The highest BCUT2D eigenvalue weighted by molar-refractivity contribution is 5.40. The topological polar surface area (TPSA) is 23.8 Å². The van der Waals surface area contributed by atoms with Gasteiger partial charge in [-0.3, -0.25) is 0 Å². The number of halogens is 1. The molecule has 0 saturated heterocycles. The highest BCUT2D eigenvalue weighted by Crippen LogP contribution is 2.47. The summed E-state index contributed by atoms with van der Waals surface area (Å²) in [6.07, 6.45) is 1.73. The summed E-state index contributed by atoms with van der Waals surface area (Å²) in [7, 11) is 0. The smallest absolute Gasteiger partial charge is 0.126 e. The first-order valence-corrected chi connectivity index (χ1v) is 4.36. The van der Waals surface area contributed by atoms with Gasteiger partial charge in [0, 0.05) is 0 Å². The minimum Gasteiger partial charge on any atom is -0.207 e. The molecule has 0 radical (unpaired) electrons. The van der Waals surface area contributed by atoms with Gasteiger partial charge in [0.2, 0.25) is 0 Å². The predicted molar refractivity (Wildman–Crippen MR) is 47.7 cm³/mol. The fourth-order valence-corrected chi connectivity index (χ4v) is 1.48. The van der Waals surface area contributed by atoms with Gasteiger partial charge in [-0.1, -0.05) is 12.1 Å². The molecule has 0 aliphatic heterocycles. The number of nitriles is 1. The van der Waals surface area contributed by atoms with Crippen molar-refractivity contribution in [3.05, 3.63) is 35.1 Å². The summed E-state index contributed by atoms with van der Waals surface area (Å²) in [4.78, 5) is 0. The molecule has 1 aromatic carbocycles. The van der Waals surface area contributed by atoms with Crippen molar-refractivity contribution < 1.29 is 4.39 Å². The molecule has 13 heavy (non-hydrogen) atoms. The standard InChI is InChI=1S/C11H10FN/c1-8-2-3-9(6-10(8)12)11(7-13)4-5-11/h2-3,6H,4-5H2,1H3. The van der Waals surface area contributed by atoms with Crippen molar-refractivity contribution in [1.82, 2.24) is 0 Å². The molecular weight excluding hydrogens is 165 g/mol. The Morgan fingerprint density at radius 2 is 2.15 bits per heavy atom. The largest absolute Gasteiger partial charge is 0.207 e. The Morgan fingerprint density at radius 3 is 2.62 bits per heavy atom. The summed E-state index contributed by atoms with van der Waals surface area (Å²) < 4.78 is 13.2. The van der Waals surface area contributed by atoms with Crippen molar-refractivity contribution in [2.24, 2.45) is 0 Å². The zero-order valence-electron chi connectivity index (χ0n) is 7.47. The Balaban J connectivity index is 2.44. The van der Waals surface area contributed by atoms with Crippen molar-refractivity contribution in [3.8, 4) is 6.07 Å². The maximum Gasteiger partial charge on any atom is 0.126 e. The molecule has 1 fully saturated rings. The number of hydrogen-bond donors (Lipinski definition) is 0. The van der Waals surface area contributed by atoms with Crippen molar-refractivity contribution in [2.45, 2.75) is 25.2 Å². The fourth-order valence-electron chi connectivity index (χ4n) is 1.48. The fraction of sp³-hybridized carbons (Fsp3) is 0.364. The molecule has 0 unspecified atom stereocenters. The molecule has 2 heteroatoms. The minimum absolute atomic E-state index is 0.209. The summed E-state index contributed by atoms with van der Waals surface area (Å²) in [6, 6.07) is 7.33. The third kappa shape index (κ3) is 1.21. The van der Waals surface area contributed by atoms with Crippen LogP contribution in [0.25, 0.3) is 0 Å². The molecule has 1 saturated carbocycles. The molecule has 1 aliphatic carbocycles. The number of rotatable bonds is 1. The van der Waals surface area contributed by atoms with Gasteiger partial charge in [0.05, 0.1) is 11.5 Å². The molecule has 0 spiro atoms. The lowest BCUT2D eigenvalue weighted by Gasteiger charge is -2.06. The summed E-state index contributed by atoms with van der Waals surface area (Å²) in [5, 5.41) is 8.90. The highest BCUT2D eigenvalue weighted by Gasteiger charge is 2.44. The zero-order chi connectivity index (χ0) is 9.47. The first-order valence-electron chi connectivity index (χ1n) is 4.36. The van der Waals surface area contributed by atoms with E-state index < -0.39 is 0 Å². The summed E-state index contributed by atoms with van der Waals surface area (Å²) >= 11 is 0. The first kappa shape index (κ1) is 8.25. The van der Waals surface area contributed by atoms with E-state index in [1.807, 2.05) is 6.07 Å². The van der Waals surface area contributed by atoms with E-state index in [0.717, 1.165) is 18.4 Å². The molecule has 66 valence electrons. The molecule has 1 nitrogen and oxygen atoms in total. The van der Waals surface area contributed by atoms with Gasteiger partial charge in [-0.25, -0.2) is 4.39 Å². The third-order valence-corrected chi connectivity index (χ3v) is 2.69. The second kappa shape index (κ2) is 2.56. The molecule has 0 bridgehead atoms. The number of nitrogens with zero attached hydrogens (tertiary/aromatic N) is 1. The van der Waals surface area contributed by atoms with Crippen LogP contribution in [0.1, 0.15) is 24.0 Å². The van der Waals surface area contributed by atoms with Crippen LogP contribution in [0.4, 0.5) is 4.39 Å². The number of benzene rings is 1. The molecular formula is C11H10FN. The summed E-state index contributed by atoms with van der Waals surface area (Å²) in [6.45, 7) is 1.73. The van der Waals surface area contributed by atoms with Crippen LogP contribution in [0.2, 0.25) is 0 Å². The zero-order valence-corrected chi connectivity index (χ0v) is 7.47. The van der Waals surface area contributed by atoms with Gasteiger partial charge in [0.15, 0.2) is 0 Å². The molecule has 0 amide bonds. The Kier molecular flexibility index (Phi) is 1.63. The maximum atomic E-state index is 13.2. The van der Waals surface area contributed by atoms with Gasteiger partial charge in [-0.05, 0) is 37.0 Å².